The summed E-state index contributed by atoms with van der Waals surface area (Å²) < 4.78 is 33.0. The zero-order valence-corrected chi connectivity index (χ0v) is 9.96. The number of carbonyl (C=O) groups excluding carboxylic acids is 1. The SMILES string of the molecule is C[C@]1(F)[C@H](N2C=CC(O)NC2=O)O[C@](F)(CO)[C@H]1O. The minimum absolute atomic E-state index is 0.660. The van der Waals surface area contributed by atoms with Gasteiger partial charge in [0.15, 0.2) is 18.0 Å². The molecule has 2 aliphatic rings. The first-order chi connectivity index (χ1) is 8.72. The van der Waals surface area contributed by atoms with E-state index in [0.717, 1.165) is 19.2 Å². The van der Waals surface area contributed by atoms with E-state index in [0.29, 0.717) is 4.90 Å². The summed E-state index contributed by atoms with van der Waals surface area (Å²) in [5.74, 6) is -3.00. The number of alkyl halides is 2. The number of aliphatic hydroxyl groups is 3. The molecule has 0 aromatic heterocycles. The summed E-state index contributed by atoms with van der Waals surface area (Å²) in [5, 5.41) is 29.6. The number of ether oxygens (including phenoxy) is 1. The van der Waals surface area contributed by atoms with E-state index in [2.05, 4.69) is 4.74 Å². The molecule has 2 heterocycles. The van der Waals surface area contributed by atoms with Crippen molar-refractivity contribution in [3.05, 3.63) is 12.3 Å². The van der Waals surface area contributed by atoms with Crippen molar-refractivity contribution in [2.75, 3.05) is 6.61 Å². The molecule has 2 rings (SSSR count). The smallest absolute Gasteiger partial charge is 0.325 e. The molecule has 108 valence electrons. The number of hydrogen-bond acceptors (Lipinski definition) is 5. The van der Waals surface area contributed by atoms with E-state index in [-0.39, 0.29) is 0 Å². The number of carbonyl (C=O) groups is 1. The van der Waals surface area contributed by atoms with Gasteiger partial charge in [0.1, 0.15) is 12.8 Å². The molecular formula is C10H14F2N2O5. The predicted octanol–water partition coefficient (Wildman–Crippen LogP) is -1.05. The molecular weight excluding hydrogens is 266 g/mol. The molecule has 1 saturated heterocycles. The van der Waals surface area contributed by atoms with E-state index in [1.165, 1.54) is 0 Å². The Morgan fingerprint density at radius 2 is 2.16 bits per heavy atom. The highest BCUT2D eigenvalue weighted by molar-refractivity contribution is 5.77. The summed E-state index contributed by atoms with van der Waals surface area (Å²) in [4.78, 5) is 12.2. The van der Waals surface area contributed by atoms with Crippen LogP contribution in [0.1, 0.15) is 6.92 Å². The fraction of sp³-hybridized carbons (Fsp3) is 0.700. The molecule has 0 radical (unpaired) electrons. The van der Waals surface area contributed by atoms with Gasteiger partial charge in [0.25, 0.3) is 5.85 Å². The summed E-state index contributed by atoms with van der Waals surface area (Å²) in [5.41, 5.74) is -2.64. The Labute approximate surface area is 107 Å². The topological polar surface area (TPSA) is 102 Å². The molecule has 5 atom stereocenters. The Balaban J connectivity index is 2.30. The number of urea groups is 1. The van der Waals surface area contributed by atoms with Crippen molar-refractivity contribution in [3.8, 4) is 0 Å². The molecule has 2 aliphatic heterocycles. The highest BCUT2D eigenvalue weighted by atomic mass is 19.2. The van der Waals surface area contributed by atoms with Crippen LogP contribution in [0.2, 0.25) is 0 Å². The summed E-state index contributed by atoms with van der Waals surface area (Å²) >= 11 is 0. The number of nitrogens with zero attached hydrogens (tertiary/aromatic N) is 1. The van der Waals surface area contributed by atoms with Crippen LogP contribution in [-0.2, 0) is 4.74 Å². The standard InChI is InChI=1S/C10H14F2N2O5/c1-9(11)6(17)10(12,4-15)19-7(9)14-3-2-5(16)13-8(14)18/h2-3,5-7,15-17H,4H2,1H3,(H,13,18)/t5?,6-,7+,9+,10+/m0/s1. The largest absolute Gasteiger partial charge is 0.390 e. The lowest BCUT2D eigenvalue weighted by molar-refractivity contribution is -0.208. The lowest BCUT2D eigenvalue weighted by Gasteiger charge is -2.34. The summed E-state index contributed by atoms with van der Waals surface area (Å²) in [7, 11) is 0. The third-order valence-electron chi connectivity index (χ3n) is 3.14. The van der Waals surface area contributed by atoms with Crippen LogP contribution in [0, 0.1) is 0 Å². The van der Waals surface area contributed by atoms with Crippen LogP contribution in [-0.4, -0.2) is 62.9 Å². The number of amides is 2. The van der Waals surface area contributed by atoms with Crippen molar-refractivity contribution >= 4 is 6.03 Å². The molecule has 0 bridgehead atoms. The summed E-state index contributed by atoms with van der Waals surface area (Å²) in [6.07, 6.45) is -3.15. The molecule has 2 amide bonds. The summed E-state index contributed by atoms with van der Waals surface area (Å²) in [6, 6.07) is -0.918. The second kappa shape index (κ2) is 4.37. The third-order valence-corrected chi connectivity index (χ3v) is 3.14. The minimum atomic E-state index is -3.00. The Hall–Kier alpha value is -1.29. The third kappa shape index (κ3) is 2.08. The molecule has 7 nitrogen and oxygen atoms in total. The molecule has 0 spiro atoms. The number of aliphatic hydroxyl groups excluding tert-OH is 3. The maximum atomic E-state index is 14.4. The Kier molecular flexibility index (Phi) is 3.25. The van der Waals surface area contributed by atoms with Gasteiger partial charge in [-0.25, -0.2) is 13.6 Å². The van der Waals surface area contributed by atoms with Crippen LogP contribution in [0.5, 0.6) is 0 Å². The van der Waals surface area contributed by atoms with E-state index in [9.17, 15) is 18.7 Å². The van der Waals surface area contributed by atoms with Gasteiger partial charge >= 0.3 is 6.03 Å². The Morgan fingerprint density at radius 3 is 2.63 bits per heavy atom. The molecule has 0 aromatic carbocycles. The fourth-order valence-corrected chi connectivity index (χ4v) is 2.05. The first-order valence-electron chi connectivity index (χ1n) is 5.52. The maximum absolute atomic E-state index is 14.4. The van der Waals surface area contributed by atoms with Crippen molar-refractivity contribution < 1.29 is 33.6 Å². The van der Waals surface area contributed by atoms with Gasteiger partial charge in [-0.3, -0.25) is 4.90 Å². The molecule has 0 saturated carbocycles. The molecule has 0 aromatic rings. The van der Waals surface area contributed by atoms with Crippen LogP contribution in [0.3, 0.4) is 0 Å². The molecule has 1 unspecified atom stereocenters. The lowest BCUT2D eigenvalue weighted by Crippen LogP contribution is -2.56. The van der Waals surface area contributed by atoms with Crippen LogP contribution in [0.25, 0.3) is 0 Å². The van der Waals surface area contributed by atoms with E-state index >= 15 is 0 Å². The van der Waals surface area contributed by atoms with Crippen LogP contribution < -0.4 is 5.32 Å². The van der Waals surface area contributed by atoms with Gasteiger partial charge in [-0.05, 0) is 13.0 Å². The van der Waals surface area contributed by atoms with Crippen molar-refractivity contribution in [3.63, 3.8) is 0 Å². The van der Waals surface area contributed by atoms with Crippen LogP contribution >= 0.6 is 0 Å². The van der Waals surface area contributed by atoms with Gasteiger partial charge in [0.2, 0.25) is 0 Å². The van der Waals surface area contributed by atoms with E-state index < -0.39 is 42.7 Å². The van der Waals surface area contributed by atoms with Gasteiger partial charge in [0, 0.05) is 6.20 Å². The van der Waals surface area contributed by atoms with Gasteiger partial charge < -0.3 is 25.4 Å². The quantitative estimate of drug-likeness (QED) is 0.517. The van der Waals surface area contributed by atoms with Gasteiger partial charge in [0.05, 0.1) is 0 Å². The fourth-order valence-electron chi connectivity index (χ4n) is 2.05. The predicted molar refractivity (Wildman–Crippen MR) is 56.8 cm³/mol. The lowest BCUT2D eigenvalue weighted by atomic mass is 9.97. The summed E-state index contributed by atoms with van der Waals surface area (Å²) in [6.45, 7) is -0.405. The Bertz CT molecular complexity index is 419. The van der Waals surface area contributed by atoms with Crippen molar-refractivity contribution in [1.29, 1.82) is 0 Å². The van der Waals surface area contributed by atoms with Crippen LogP contribution in [0.15, 0.2) is 12.3 Å². The molecule has 0 aliphatic carbocycles. The first-order valence-corrected chi connectivity index (χ1v) is 5.52. The zero-order valence-electron chi connectivity index (χ0n) is 9.96. The maximum Gasteiger partial charge on any atom is 0.325 e. The normalized spacial score (nSPS) is 46.5. The molecule has 19 heavy (non-hydrogen) atoms. The number of nitrogens with one attached hydrogen (secondary N) is 1. The second-order valence-corrected chi connectivity index (χ2v) is 4.61. The highest BCUT2D eigenvalue weighted by Crippen LogP contribution is 2.43. The van der Waals surface area contributed by atoms with E-state index in [4.69, 9.17) is 10.2 Å². The average Bonchev–Trinajstić information content (AvgIpc) is 2.51. The van der Waals surface area contributed by atoms with Crippen molar-refractivity contribution in [2.24, 2.45) is 0 Å². The number of hydrogen-bond donors (Lipinski definition) is 4. The van der Waals surface area contributed by atoms with Crippen LogP contribution in [0.4, 0.5) is 13.6 Å². The van der Waals surface area contributed by atoms with E-state index in [1.807, 2.05) is 5.32 Å². The zero-order chi connectivity index (χ0) is 14.4. The van der Waals surface area contributed by atoms with Crippen molar-refractivity contribution in [2.45, 2.75) is 37.0 Å². The second-order valence-electron chi connectivity index (χ2n) is 4.61. The monoisotopic (exact) mass is 280 g/mol. The molecule has 4 N–H and O–H groups in total. The van der Waals surface area contributed by atoms with Gasteiger partial charge in [-0.2, -0.15) is 0 Å². The molecule has 1 fully saturated rings. The Morgan fingerprint density at radius 1 is 1.53 bits per heavy atom. The first kappa shape index (κ1) is 14.1. The highest BCUT2D eigenvalue weighted by Gasteiger charge is 2.65. The van der Waals surface area contributed by atoms with Gasteiger partial charge in [-0.15, -0.1) is 0 Å². The molecule has 9 heteroatoms. The van der Waals surface area contributed by atoms with Crippen molar-refractivity contribution in [1.82, 2.24) is 10.2 Å². The average molecular weight is 280 g/mol. The number of halogens is 2. The van der Waals surface area contributed by atoms with Gasteiger partial charge in [-0.1, -0.05) is 0 Å². The number of rotatable bonds is 2. The van der Waals surface area contributed by atoms with E-state index in [1.54, 1.807) is 0 Å². The minimum Gasteiger partial charge on any atom is -0.390 e.